The van der Waals surface area contributed by atoms with Gasteiger partial charge in [-0.1, -0.05) is 23.7 Å². The van der Waals surface area contributed by atoms with Crippen molar-refractivity contribution in [3.05, 3.63) is 39.9 Å². The van der Waals surface area contributed by atoms with E-state index in [-0.39, 0.29) is 6.42 Å². The first-order valence-corrected chi connectivity index (χ1v) is 5.16. The highest BCUT2D eigenvalue weighted by molar-refractivity contribution is 6.31. The van der Waals surface area contributed by atoms with Gasteiger partial charge in [0, 0.05) is 10.6 Å². The van der Waals surface area contributed by atoms with E-state index >= 15 is 0 Å². The van der Waals surface area contributed by atoms with Gasteiger partial charge in [0.05, 0.1) is 6.42 Å². The van der Waals surface area contributed by atoms with Gasteiger partial charge in [0.15, 0.2) is 0 Å². The van der Waals surface area contributed by atoms with Crippen LogP contribution < -0.4 is 0 Å². The molecule has 2 rings (SSSR count). The number of cyclic esters (lactones) is 2. The van der Waals surface area contributed by atoms with Crippen molar-refractivity contribution in [1.82, 2.24) is 0 Å². The first kappa shape index (κ1) is 10.9. The van der Waals surface area contributed by atoms with Crippen LogP contribution in [0.3, 0.4) is 0 Å². The lowest BCUT2D eigenvalue weighted by Gasteiger charge is -2.02. The number of carbonyl (C=O) groups is 2. The minimum absolute atomic E-state index is 0.0325. The third-order valence-electron chi connectivity index (χ3n) is 2.44. The van der Waals surface area contributed by atoms with Gasteiger partial charge in [-0.2, -0.15) is 0 Å². The molecule has 1 heterocycles. The average molecular weight is 237 g/mol. The topological polar surface area (TPSA) is 43.4 Å². The molecule has 0 atom stereocenters. The van der Waals surface area contributed by atoms with Crippen LogP contribution in [-0.2, 0) is 14.3 Å². The monoisotopic (exact) mass is 236 g/mol. The van der Waals surface area contributed by atoms with Crippen molar-refractivity contribution in [3.63, 3.8) is 0 Å². The number of rotatable bonds is 1. The van der Waals surface area contributed by atoms with Gasteiger partial charge in [-0.15, -0.1) is 0 Å². The zero-order chi connectivity index (χ0) is 11.7. The van der Waals surface area contributed by atoms with Gasteiger partial charge in [-0.25, -0.2) is 4.79 Å². The Kier molecular flexibility index (Phi) is 2.79. The second-order valence-corrected chi connectivity index (χ2v) is 3.97. The molecule has 16 heavy (non-hydrogen) atoms. The molecule has 0 saturated carbocycles. The number of ether oxygens (including phenoxy) is 1. The molecule has 0 spiro atoms. The second kappa shape index (κ2) is 4.10. The molecule has 4 heteroatoms. The van der Waals surface area contributed by atoms with Crippen molar-refractivity contribution >= 4 is 29.6 Å². The Morgan fingerprint density at radius 3 is 2.75 bits per heavy atom. The Morgan fingerprint density at radius 1 is 1.38 bits per heavy atom. The predicted molar refractivity (Wildman–Crippen MR) is 59.9 cm³/mol. The van der Waals surface area contributed by atoms with Crippen molar-refractivity contribution in [3.8, 4) is 0 Å². The molecule has 1 aromatic carbocycles. The van der Waals surface area contributed by atoms with Gasteiger partial charge in [-0.3, -0.25) is 4.79 Å². The summed E-state index contributed by atoms with van der Waals surface area (Å²) in [6.07, 6.45) is 1.68. The normalized spacial score (nSPS) is 18.0. The van der Waals surface area contributed by atoms with Crippen molar-refractivity contribution in [2.45, 2.75) is 13.3 Å². The van der Waals surface area contributed by atoms with Crippen LogP contribution in [0.4, 0.5) is 0 Å². The van der Waals surface area contributed by atoms with Crippen LogP contribution in [-0.4, -0.2) is 11.9 Å². The molecule has 0 aromatic heterocycles. The van der Waals surface area contributed by atoms with E-state index in [2.05, 4.69) is 4.74 Å². The smallest absolute Gasteiger partial charge is 0.342 e. The Morgan fingerprint density at radius 2 is 2.12 bits per heavy atom. The second-order valence-electron chi connectivity index (χ2n) is 3.56. The summed E-state index contributed by atoms with van der Waals surface area (Å²) in [6.45, 7) is 1.86. The Balaban J connectivity index is 2.40. The predicted octanol–water partition coefficient (Wildman–Crippen LogP) is 2.51. The van der Waals surface area contributed by atoms with Gasteiger partial charge >= 0.3 is 11.9 Å². The molecule has 0 aliphatic carbocycles. The highest BCUT2D eigenvalue weighted by atomic mass is 35.5. The molecule has 1 fully saturated rings. The van der Waals surface area contributed by atoms with Crippen LogP contribution in [0, 0.1) is 6.92 Å². The van der Waals surface area contributed by atoms with Crippen molar-refractivity contribution < 1.29 is 14.3 Å². The Labute approximate surface area is 97.7 Å². The SMILES string of the molecule is Cc1c(Cl)cccc1/C=C1\CC(=O)OC1=O. The van der Waals surface area contributed by atoms with Crippen LogP contribution in [0.5, 0.6) is 0 Å². The Hall–Kier alpha value is -1.61. The third kappa shape index (κ3) is 1.99. The first-order valence-electron chi connectivity index (χ1n) is 4.78. The lowest BCUT2D eigenvalue weighted by atomic mass is 10.0. The van der Waals surface area contributed by atoms with Gasteiger partial charge in [0.1, 0.15) is 0 Å². The maximum absolute atomic E-state index is 11.2. The standard InChI is InChI=1S/C12H9ClO3/c1-7-8(3-2-4-10(7)13)5-9-6-11(14)16-12(9)15/h2-5H,6H2,1H3/b9-5+. The summed E-state index contributed by atoms with van der Waals surface area (Å²) in [5.74, 6) is -1.07. The number of hydrogen-bond donors (Lipinski definition) is 0. The van der Waals surface area contributed by atoms with Crippen molar-refractivity contribution in [1.29, 1.82) is 0 Å². The van der Waals surface area contributed by atoms with E-state index in [9.17, 15) is 9.59 Å². The quantitative estimate of drug-likeness (QED) is 0.428. The molecule has 0 unspecified atom stereocenters. The molecule has 3 nitrogen and oxygen atoms in total. The molecule has 1 aromatic rings. The zero-order valence-corrected chi connectivity index (χ0v) is 9.38. The molecular formula is C12H9ClO3. The van der Waals surface area contributed by atoms with Crippen LogP contribution in [0.25, 0.3) is 6.08 Å². The summed E-state index contributed by atoms with van der Waals surface area (Å²) in [5.41, 5.74) is 2.08. The van der Waals surface area contributed by atoms with E-state index in [4.69, 9.17) is 11.6 Å². The molecule has 0 amide bonds. The van der Waals surface area contributed by atoms with E-state index in [0.29, 0.717) is 10.6 Å². The molecule has 0 radical (unpaired) electrons. The number of esters is 2. The molecule has 0 bridgehead atoms. The van der Waals surface area contributed by atoms with Gasteiger partial charge in [0.2, 0.25) is 0 Å². The fourth-order valence-electron chi connectivity index (χ4n) is 1.51. The summed E-state index contributed by atoms with van der Waals surface area (Å²) >= 11 is 5.95. The van der Waals surface area contributed by atoms with Crippen LogP contribution in [0.1, 0.15) is 17.5 Å². The Bertz CT molecular complexity index is 503. The highest BCUT2D eigenvalue weighted by Crippen LogP contribution is 2.24. The number of carbonyl (C=O) groups excluding carboxylic acids is 2. The minimum Gasteiger partial charge on any atom is -0.389 e. The van der Waals surface area contributed by atoms with E-state index in [0.717, 1.165) is 11.1 Å². The highest BCUT2D eigenvalue weighted by Gasteiger charge is 2.26. The van der Waals surface area contributed by atoms with Crippen molar-refractivity contribution in [2.24, 2.45) is 0 Å². The molecule has 1 aliphatic rings. The lowest BCUT2D eigenvalue weighted by Crippen LogP contribution is -1.97. The lowest BCUT2D eigenvalue weighted by molar-refractivity contribution is -0.151. The van der Waals surface area contributed by atoms with E-state index < -0.39 is 11.9 Å². The summed E-state index contributed by atoms with van der Waals surface area (Å²) in [5, 5.41) is 0.632. The maximum atomic E-state index is 11.2. The van der Waals surface area contributed by atoms with Crippen LogP contribution in [0.15, 0.2) is 23.8 Å². The molecule has 1 aliphatic heterocycles. The summed E-state index contributed by atoms with van der Waals surface area (Å²) < 4.78 is 4.44. The summed E-state index contributed by atoms with van der Waals surface area (Å²) in [7, 11) is 0. The third-order valence-corrected chi connectivity index (χ3v) is 2.85. The average Bonchev–Trinajstić information content (AvgIpc) is 2.53. The van der Waals surface area contributed by atoms with Crippen LogP contribution in [0.2, 0.25) is 5.02 Å². The number of halogens is 1. The summed E-state index contributed by atoms with van der Waals surface area (Å²) in [6, 6.07) is 5.41. The van der Waals surface area contributed by atoms with E-state index in [1.807, 2.05) is 13.0 Å². The van der Waals surface area contributed by atoms with Gasteiger partial charge < -0.3 is 4.74 Å². The first-order chi connectivity index (χ1) is 7.58. The summed E-state index contributed by atoms with van der Waals surface area (Å²) in [4.78, 5) is 22.1. The molecule has 82 valence electrons. The van der Waals surface area contributed by atoms with Crippen LogP contribution >= 0.6 is 11.6 Å². The van der Waals surface area contributed by atoms with Gasteiger partial charge in [-0.05, 0) is 30.2 Å². The zero-order valence-electron chi connectivity index (χ0n) is 8.62. The largest absolute Gasteiger partial charge is 0.389 e. The molecular weight excluding hydrogens is 228 g/mol. The van der Waals surface area contributed by atoms with Gasteiger partial charge in [0.25, 0.3) is 0 Å². The van der Waals surface area contributed by atoms with E-state index in [1.54, 1.807) is 18.2 Å². The maximum Gasteiger partial charge on any atom is 0.342 e. The van der Waals surface area contributed by atoms with E-state index in [1.165, 1.54) is 0 Å². The fraction of sp³-hybridized carbons (Fsp3) is 0.167. The fourth-order valence-corrected chi connectivity index (χ4v) is 1.69. The molecule has 0 N–H and O–H groups in total. The number of hydrogen-bond acceptors (Lipinski definition) is 3. The minimum atomic E-state index is -0.565. The number of benzene rings is 1. The molecule has 1 saturated heterocycles. The van der Waals surface area contributed by atoms with Crippen molar-refractivity contribution in [2.75, 3.05) is 0 Å².